The Hall–Kier alpha value is -2.12. The van der Waals surface area contributed by atoms with Crippen LogP contribution in [0.5, 0.6) is 0 Å². The summed E-state index contributed by atoms with van der Waals surface area (Å²) in [5.41, 5.74) is 3.69. The molecule has 3 amide bonds. The molecular weight excluding hydrogens is 332 g/mol. The molecule has 0 spiro atoms. The van der Waals surface area contributed by atoms with E-state index >= 15 is 0 Å². The Kier molecular flexibility index (Phi) is 5.80. The largest absolute Gasteiger partial charge is 0.333 e. The van der Waals surface area contributed by atoms with Crippen molar-refractivity contribution in [1.29, 1.82) is 0 Å². The maximum Gasteiger partial charge on any atom is 0.254 e. The van der Waals surface area contributed by atoms with Gasteiger partial charge in [-0.1, -0.05) is 0 Å². The molecule has 2 aliphatic heterocycles. The van der Waals surface area contributed by atoms with Gasteiger partial charge in [0.05, 0.1) is 5.69 Å². The highest BCUT2D eigenvalue weighted by molar-refractivity contribution is 6.01. The SMILES string of the molecule is C[C@@H]1CNCCN1C(=O)c1ccc(N2NC(=O)CCC2=O)cc1.Cl. The van der Waals surface area contributed by atoms with E-state index in [2.05, 4.69) is 10.7 Å². The van der Waals surface area contributed by atoms with Crippen molar-refractivity contribution in [2.24, 2.45) is 0 Å². The van der Waals surface area contributed by atoms with E-state index in [9.17, 15) is 14.4 Å². The third-order valence-corrected chi connectivity index (χ3v) is 4.19. The predicted molar refractivity (Wildman–Crippen MR) is 91.9 cm³/mol. The fraction of sp³-hybridized carbons (Fsp3) is 0.438. The highest BCUT2D eigenvalue weighted by Crippen LogP contribution is 2.19. The second-order valence-corrected chi connectivity index (χ2v) is 5.86. The van der Waals surface area contributed by atoms with Gasteiger partial charge in [-0.25, -0.2) is 5.01 Å². The summed E-state index contributed by atoms with van der Waals surface area (Å²) in [5.74, 6) is -0.349. The number of carbonyl (C=O) groups is 3. The highest BCUT2D eigenvalue weighted by atomic mass is 35.5. The van der Waals surface area contributed by atoms with E-state index in [1.807, 2.05) is 11.8 Å². The number of piperazine rings is 1. The zero-order chi connectivity index (χ0) is 16.4. The van der Waals surface area contributed by atoms with Crippen molar-refractivity contribution >= 4 is 35.8 Å². The van der Waals surface area contributed by atoms with Crippen LogP contribution in [0.3, 0.4) is 0 Å². The number of hydrogen-bond acceptors (Lipinski definition) is 4. The van der Waals surface area contributed by atoms with Crippen LogP contribution in [-0.2, 0) is 9.59 Å². The summed E-state index contributed by atoms with van der Waals surface area (Å²) in [7, 11) is 0. The molecule has 2 aliphatic rings. The molecule has 1 aromatic carbocycles. The van der Waals surface area contributed by atoms with Crippen LogP contribution >= 0.6 is 12.4 Å². The molecule has 130 valence electrons. The minimum absolute atomic E-state index is 0. The Labute approximate surface area is 146 Å². The van der Waals surface area contributed by atoms with Crippen molar-refractivity contribution in [3.63, 3.8) is 0 Å². The summed E-state index contributed by atoms with van der Waals surface area (Å²) >= 11 is 0. The van der Waals surface area contributed by atoms with E-state index in [1.54, 1.807) is 24.3 Å². The topological polar surface area (TPSA) is 81.8 Å². The third-order valence-electron chi connectivity index (χ3n) is 4.19. The maximum atomic E-state index is 12.6. The van der Waals surface area contributed by atoms with Gasteiger partial charge in [0.25, 0.3) is 5.91 Å². The molecule has 2 heterocycles. The van der Waals surface area contributed by atoms with E-state index in [-0.39, 0.29) is 49.0 Å². The number of halogens is 1. The van der Waals surface area contributed by atoms with Gasteiger partial charge >= 0.3 is 0 Å². The summed E-state index contributed by atoms with van der Waals surface area (Å²) in [4.78, 5) is 37.7. The van der Waals surface area contributed by atoms with E-state index in [0.29, 0.717) is 17.8 Å². The van der Waals surface area contributed by atoms with Crippen molar-refractivity contribution in [3.8, 4) is 0 Å². The van der Waals surface area contributed by atoms with E-state index in [0.717, 1.165) is 13.1 Å². The average Bonchev–Trinajstić information content (AvgIpc) is 2.57. The van der Waals surface area contributed by atoms with Gasteiger partial charge < -0.3 is 10.2 Å². The minimum Gasteiger partial charge on any atom is -0.333 e. The molecular formula is C16H21ClN4O3. The number of anilines is 1. The summed E-state index contributed by atoms with van der Waals surface area (Å²) < 4.78 is 0. The van der Waals surface area contributed by atoms with Crippen LogP contribution in [-0.4, -0.2) is 48.3 Å². The Morgan fingerprint density at radius 1 is 1.17 bits per heavy atom. The van der Waals surface area contributed by atoms with Crippen LogP contribution in [0.1, 0.15) is 30.1 Å². The molecule has 2 N–H and O–H groups in total. The summed E-state index contributed by atoms with van der Waals surface area (Å²) in [5, 5.41) is 4.50. The van der Waals surface area contributed by atoms with Crippen molar-refractivity contribution < 1.29 is 14.4 Å². The number of rotatable bonds is 2. The number of nitrogens with one attached hydrogen (secondary N) is 2. The zero-order valence-corrected chi connectivity index (χ0v) is 14.3. The first-order chi connectivity index (χ1) is 11.1. The van der Waals surface area contributed by atoms with Gasteiger partial charge in [-0.2, -0.15) is 0 Å². The lowest BCUT2D eigenvalue weighted by Gasteiger charge is -2.34. The second-order valence-electron chi connectivity index (χ2n) is 5.86. The molecule has 3 rings (SSSR count). The molecule has 0 saturated carbocycles. The molecule has 24 heavy (non-hydrogen) atoms. The van der Waals surface area contributed by atoms with Crippen molar-refractivity contribution in [3.05, 3.63) is 29.8 Å². The van der Waals surface area contributed by atoms with Gasteiger partial charge in [0, 0.05) is 44.1 Å². The summed E-state index contributed by atoms with van der Waals surface area (Å²) in [6.07, 6.45) is 0.414. The smallest absolute Gasteiger partial charge is 0.254 e. The van der Waals surface area contributed by atoms with E-state index in [4.69, 9.17) is 0 Å². The number of hydrogen-bond donors (Lipinski definition) is 2. The quantitative estimate of drug-likeness (QED) is 0.821. The number of nitrogens with zero attached hydrogens (tertiary/aromatic N) is 2. The molecule has 0 unspecified atom stereocenters. The third kappa shape index (κ3) is 3.68. The lowest BCUT2D eigenvalue weighted by molar-refractivity contribution is -0.130. The predicted octanol–water partition coefficient (Wildman–Crippen LogP) is 0.700. The molecule has 1 aromatic rings. The standard InChI is InChI=1S/C16H20N4O3.ClH/c1-11-10-17-8-9-19(11)16(23)12-2-4-13(5-3-12)20-15(22)7-6-14(21)18-20;/h2-5,11,17H,6-10H2,1H3,(H,18,21);1H/t11-;/m1./s1. The Morgan fingerprint density at radius 3 is 2.54 bits per heavy atom. The van der Waals surface area contributed by atoms with Crippen molar-refractivity contribution in [2.75, 3.05) is 24.6 Å². The van der Waals surface area contributed by atoms with Crippen LogP contribution in [0.25, 0.3) is 0 Å². The molecule has 7 nitrogen and oxygen atoms in total. The average molecular weight is 353 g/mol. The normalized spacial score (nSPS) is 21.1. The Balaban J connectivity index is 0.00000208. The van der Waals surface area contributed by atoms with Gasteiger partial charge in [-0.05, 0) is 31.2 Å². The molecule has 0 aliphatic carbocycles. The van der Waals surface area contributed by atoms with Gasteiger partial charge in [0.15, 0.2) is 0 Å². The number of carbonyl (C=O) groups excluding carboxylic acids is 3. The lowest BCUT2D eigenvalue weighted by atomic mass is 10.1. The number of hydrazine groups is 1. The fourth-order valence-corrected chi connectivity index (χ4v) is 2.85. The van der Waals surface area contributed by atoms with Crippen molar-refractivity contribution in [1.82, 2.24) is 15.6 Å². The molecule has 0 aromatic heterocycles. The Morgan fingerprint density at radius 2 is 1.88 bits per heavy atom. The van der Waals surface area contributed by atoms with Crippen molar-refractivity contribution in [2.45, 2.75) is 25.8 Å². The molecule has 0 radical (unpaired) electrons. The fourth-order valence-electron chi connectivity index (χ4n) is 2.85. The first-order valence-corrected chi connectivity index (χ1v) is 7.80. The van der Waals surface area contributed by atoms with Crippen LogP contribution < -0.4 is 15.8 Å². The first-order valence-electron chi connectivity index (χ1n) is 7.80. The van der Waals surface area contributed by atoms with Crippen LogP contribution in [0.2, 0.25) is 0 Å². The summed E-state index contributed by atoms with van der Waals surface area (Å²) in [6, 6.07) is 6.91. The van der Waals surface area contributed by atoms with Gasteiger partial charge in [0.2, 0.25) is 11.8 Å². The van der Waals surface area contributed by atoms with Gasteiger partial charge in [0.1, 0.15) is 0 Å². The Bertz CT molecular complexity index is 635. The first kappa shape index (κ1) is 18.2. The maximum absolute atomic E-state index is 12.6. The molecule has 2 saturated heterocycles. The van der Waals surface area contributed by atoms with Crippen LogP contribution in [0.4, 0.5) is 5.69 Å². The molecule has 8 heteroatoms. The number of amides is 3. The minimum atomic E-state index is -0.181. The molecule has 1 atom stereocenters. The number of benzene rings is 1. The second kappa shape index (κ2) is 7.63. The van der Waals surface area contributed by atoms with Gasteiger partial charge in [-0.3, -0.25) is 19.8 Å². The zero-order valence-electron chi connectivity index (χ0n) is 13.4. The lowest BCUT2D eigenvalue weighted by Crippen LogP contribution is -2.52. The van der Waals surface area contributed by atoms with Crippen LogP contribution in [0.15, 0.2) is 24.3 Å². The monoisotopic (exact) mass is 352 g/mol. The van der Waals surface area contributed by atoms with E-state index < -0.39 is 0 Å². The van der Waals surface area contributed by atoms with Crippen LogP contribution in [0, 0.1) is 0 Å². The highest BCUT2D eigenvalue weighted by Gasteiger charge is 2.26. The van der Waals surface area contributed by atoms with E-state index in [1.165, 1.54) is 5.01 Å². The molecule has 0 bridgehead atoms. The summed E-state index contributed by atoms with van der Waals surface area (Å²) in [6.45, 7) is 4.28. The molecule has 2 fully saturated rings. The van der Waals surface area contributed by atoms with Gasteiger partial charge in [-0.15, -0.1) is 12.4 Å².